The predicted molar refractivity (Wildman–Crippen MR) is 76.1 cm³/mol. The van der Waals surface area contributed by atoms with E-state index in [-0.39, 0.29) is 5.54 Å². The number of nitrogens with two attached hydrogens (primary N) is 1. The summed E-state index contributed by atoms with van der Waals surface area (Å²) in [7, 11) is 1.67. The van der Waals surface area contributed by atoms with E-state index < -0.39 is 0 Å². The molecular formula is C14H18N2OS. The van der Waals surface area contributed by atoms with Crippen LogP contribution in [0.4, 0.5) is 0 Å². The second-order valence-corrected chi connectivity index (χ2v) is 5.90. The van der Waals surface area contributed by atoms with Gasteiger partial charge in [-0.15, -0.1) is 11.3 Å². The molecule has 0 amide bonds. The first-order valence-electron chi connectivity index (χ1n) is 5.86. The summed E-state index contributed by atoms with van der Waals surface area (Å²) in [5.74, 6) is 0.860. The van der Waals surface area contributed by atoms with Gasteiger partial charge < -0.3 is 10.5 Å². The highest BCUT2D eigenvalue weighted by Crippen LogP contribution is 2.26. The summed E-state index contributed by atoms with van der Waals surface area (Å²) in [6, 6.07) is 7.94. The van der Waals surface area contributed by atoms with E-state index in [0.717, 1.165) is 28.4 Å². The number of nitrogens with zero attached hydrogens (tertiary/aromatic N) is 1. The summed E-state index contributed by atoms with van der Waals surface area (Å²) >= 11 is 1.65. The van der Waals surface area contributed by atoms with Crippen molar-refractivity contribution in [1.29, 1.82) is 0 Å². The number of methoxy groups -OCH3 is 1. The fraction of sp³-hybridized carbons (Fsp3) is 0.357. The number of hydrogen-bond donors (Lipinski definition) is 1. The van der Waals surface area contributed by atoms with Crippen molar-refractivity contribution < 1.29 is 4.74 Å². The van der Waals surface area contributed by atoms with Gasteiger partial charge in [0.2, 0.25) is 0 Å². The Balaban J connectivity index is 2.18. The van der Waals surface area contributed by atoms with Crippen LogP contribution in [0.3, 0.4) is 0 Å². The third kappa shape index (κ3) is 3.31. The Kier molecular flexibility index (Phi) is 3.68. The van der Waals surface area contributed by atoms with E-state index in [1.165, 1.54) is 0 Å². The van der Waals surface area contributed by atoms with Gasteiger partial charge in [-0.25, -0.2) is 4.98 Å². The molecule has 0 atom stereocenters. The monoisotopic (exact) mass is 262 g/mol. The van der Waals surface area contributed by atoms with Crippen molar-refractivity contribution in [1.82, 2.24) is 4.98 Å². The average Bonchev–Trinajstić information content (AvgIpc) is 2.75. The van der Waals surface area contributed by atoms with Crippen LogP contribution in [-0.4, -0.2) is 17.6 Å². The predicted octanol–water partition coefficient (Wildman–Crippen LogP) is 3.10. The van der Waals surface area contributed by atoms with Crippen LogP contribution in [0.15, 0.2) is 29.6 Å². The number of rotatable bonds is 4. The fourth-order valence-corrected chi connectivity index (χ4v) is 2.55. The molecule has 0 aliphatic rings. The van der Waals surface area contributed by atoms with Gasteiger partial charge in [0.1, 0.15) is 10.8 Å². The van der Waals surface area contributed by atoms with E-state index in [9.17, 15) is 0 Å². The molecule has 18 heavy (non-hydrogen) atoms. The van der Waals surface area contributed by atoms with Gasteiger partial charge in [0.15, 0.2) is 0 Å². The second kappa shape index (κ2) is 5.08. The minimum atomic E-state index is -0.217. The average molecular weight is 262 g/mol. The van der Waals surface area contributed by atoms with Crippen molar-refractivity contribution in [2.24, 2.45) is 5.73 Å². The number of benzene rings is 1. The normalized spacial score (nSPS) is 11.6. The molecule has 0 saturated carbocycles. The van der Waals surface area contributed by atoms with Crippen LogP contribution in [0.1, 0.15) is 19.5 Å². The van der Waals surface area contributed by atoms with Crippen LogP contribution in [0.2, 0.25) is 0 Å². The third-order valence-corrected chi connectivity index (χ3v) is 3.47. The zero-order valence-corrected chi connectivity index (χ0v) is 11.8. The zero-order valence-electron chi connectivity index (χ0n) is 10.9. The fourth-order valence-electron chi connectivity index (χ4n) is 1.72. The van der Waals surface area contributed by atoms with Crippen LogP contribution >= 0.6 is 11.3 Å². The standard InChI is InChI=1S/C14H18N2OS/c1-14(2,15)8-11-9-18-13(16-11)10-4-6-12(17-3)7-5-10/h4-7,9H,8,15H2,1-3H3. The maximum Gasteiger partial charge on any atom is 0.123 e. The van der Waals surface area contributed by atoms with Crippen molar-refractivity contribution >= 4 is 11.3 Å². The van der Waals surface area contributed by atoms with Crippen LogP contribution in [0.25, 0.3) is 10.6 Å². The highest BCUT2D eigenvalue weighted by Gasteiger charge is 2.14. The van der Waals surface area contributed by atoms with Gasteiger partial charge >= 0.3 is 0 Å². The maximum atomic E-state index is 6.00. The maximum absolute atomic E-state index is 6.00. The van der Waals surface area contributed by atoms with Crippen molar-refractivity contribution in [2.75, 3.05) is 7.11 Å². The van der Waals surface area contributed by atoms with Crippen molar-refractivity contribution in [3.05, 3.63) is 35.3 Å². The summed E-state index contributed by atoms with van der Waals surface area (Å²) in [4.78, 5) is 4.62. The Bertz CT molecular complexity index is 511. The molecule has 0 aliphatic carbocycles. The lowest BCUT2D eigenvalue weighted by Crippen LogP contribution is -2.34. The summed E-state index contributed by atoms with van der Waals surface area (Å²) in [5, 5.41) is 3.10. The topological polar surface area (TPSA) is 48.1 Å². The van der Waals surface area contributed by atoms with E-state index in [0.29, 0.717) is 0 Å². The van der Waals surface area contributed by atoms with Crippen LogP contribution < -0.4 is 10.5 Å². The van der Waals surface area contributed by atoms with Crippen molar-refractivity contribution in [2.45, 2.75) is 25.8 Å². The molecule has 4 heteroatoms. The molecule has 0 radical (unpaired) electrons. The molecule has 1 heterocycles. The van der Waals surface area contributed by atoms with Gasteiger partial charge in [0.25, 0.3) is 0 Å². The molecule has 1 aromatic heterocycles. The van der Waals surface area contributed by atoms with Gasteiger partial charge in [0.05, 0.1) is 12.8 Å². The Morgan fingerprint density at radius 3 is 2.50 bits per heavy atom. The summed E-state index contributed by atoms with van der Waals surface area (Å²) in [5.41, 5.74) is 7.95. The summed E-state index contributed by atoms with van der Waals surface area (Å²) < 4.78 is 5.14. The number of aromatic nitrogens is 1. The first kappa shape index (κ1) is 13.1. The quantitative estimate of drug-likeness (QED) is 0.921. The third-order valence-electron chi connectivity index (χ3n) is 2.53. The lowest BCUT2D eigenvalue weighted by atomic mass is 10.0. The molecule has 2 N–H and O–H groups in total. The number of hydrogen-bond acceptors (Lipinski definition) is 4. The van der Waals surface area contributed by atoms with Crippen molar-refractivity contribution in [3.63, 3.8) is 0 Å². The summed E-state index contributed by atoms with van der Waals surface area (Å²) in [6.45, 7) is 4.03. The Morgan fingerprint density at radius 2 is 1.94 bits per heavy atom. The van der Waals surface area contributed by atoms with E-state index in [1.807, 2.05) is 38.1 Å². The molecule has 2 rings (SSSR count). The molecule has 1 aromatic carbocycles. The van der Waals surface area contributed by atoms with E-state index >= 15 is 0 Å². The first-order valence-corrected chi connectivity index (χ1v) is 6.73. The molecule has 0 unspecified atom stereocenters. The molecule has 0 saturated heterocycles. The van der Waals surface area contributed by atoms with Gasteiger partial charge in [-0.1, -0.05) is 0 Å². The lowest BCUT2D eigenvalue weighted by molar-refractivity contribution is 0.415. The highest BCUT2D eigenvalue weighted by atomic mass is 32.1. The van der Waals surface area contributed by atoms with Gasteiger partial charge in [-0.2, -0.15) is 0 Å². The van der Waals surface area contributed by atoms with Crippen LogP contribution in [0.5, 0.6) is 5.75 Å². The van der Waals surface area contributed by atoms with E-state index in [4.69, 9.17) is 10.5 Å². The summed E-state index contributed by atoms with van der Waals surface area (Å²) in [6.07, 6.45) is 0.791. The molecule has 0 bridgehead atoms. The minimum absolute atomic E-state index is 0.217. The molecule has 0 aliphatic heterocycles. The van der Waals surface area contributed by atoms with Gasteiger partial charge in [-0.3, -0.25) is 0 Å². The second-order valence-electron chi connectivity index (χ2n) is 5.04. The molecule has 0 spiro atoms. The number of ether oxygens (including phenoxy) is 1. The molecule has 96 valence electrons. The lowest BCUT2D eigenvalue weighted by Gasteiger charge is -2.16. The Morgan fingerprint density at radius 1 is 1.28 bits per heavy atom. The smallest absolute Gasteiger partial charge is 0.123 e. The van der Waals surface area contributed by atoms with Gasteiger partial charge in [-0.05, 0) is 38.1 Å². The first-order chi connectivity index (χ1) is 8.48. The minimum Gasteiger partial charge on any atom is -0.497 e. The Hall–Kier alpha value is -1.39. The Labute approximate surface area is 112 Å². The van der Waals surface area contributed by atoms with Crippen molar-refractivity contribution in [3.8, 4) is 16.3 Å². The molecule has 2 aromatic rings. The van der Waals surface area contributed by atoms with Gasteiger partial charge in [0, 0.05) is 22.9 Å². The van der Waals surface area contributed by atoms with E-state index in [2.05, 4.69) is 10.4 Å². The molecule has 0 fully saturated rings. The zero-order chi connectivity index (χ0) is 13.2. The SMILES string of the molecule is COc1ccc(-c2nc(CC(C)(C)N)cs2)cc1. The molecule has 3 nitrogen and oxygen atoms in total. The highest BCUT2D eigenvalue weighted by molar-refractivity contribution is 7.13. The van der Waals surface area contributed by atoms with Crippen LogP contribution in [0, 0.1) is 0 Å². The van der Waals surface area contributed by atoms with Crippen LogP contribution in [-0.2, 0) is 6.42 Å². The number of thiazole rings is 1. The largest absolute Gasteiger partial charge is 0.497 e. The molecular weight excluding hydrogens is 244 g/mol. The van der Waals surface area contributed by atoms with E-state index in [1.54, 1.807) is 18.4 Å².